The van der Waals surface area contributed by atoms with E-state index in [0.29, 0.717) is 11.2 Å². The van der Waals surface area contributed by atoms with Gasteiger partial charge in [-0.1, -0.05) is 30.5 Å². The number of nitrogens with zero attached hydrogens (tertiary/aromatic N) is 1. The van der Waals surface area contributed by atoms with Gasteiger partial charge in [-0.3, -0.25) is 4.79 Å². The standard InChI is InChI=1S/C27H33ClN2O2/c1-20(31)32-24-9-4-21-10-13-26-11-2-3-12-27(26,25(21)18-24)14-16-30(19-26)17-15-29-23-7-5-22(28)6-8-23/h4-9,18,29H,2-3,10-17,19H2,1H3. The second kappa shape index (κ2) is 8.72. The minimum atomic E-state index is -0.240. The lowest BCUT2D eigenvalue weighted by atomic mass is 9.46. The number of nitrogens with one attached hydrogen (secondary N) is 1. The highest BCUT2D eigenvalue weighted by molar-refractivity contribution is 6.30. The van der Waals surface area contributed by atoms with Gasteiger partial charge in [0, 0.05) is 42.7 Å². The van der Waals surface area contributed by atoms with Crippen LogP contribution in [0.25, 0.3) is 0 Å². The highest BCUT2D eigenvalue weighted by Gasteiger charge is 2.58. The summed E-state index contributed by atoms with van der Waals surface area (Å²) in [7, 11) is 0. The van der Waals surface area contributed by atoms with Crippen molar-refractivity contribution in [1.29, 1.82) is 0 Å². The van der Waals surface area contributed by atoms with Gasteiger partial charge in [0.2, 0.25) is 0 Å². The van der Waals surface area contributed by atoms with E-state index in [1.807, 2.05) is 30.3 Å². The van der Waals surface area contributed by atoms with Crippen LogP contribution in [0.3, 0.4) is 0 Å². The summed E-state index contributed by atoms with van der Waals surface area (Å²) < 4.78 is 5.49. The second-order valence-electron chi connectivity index (χ2n) is 9.94. The number of hydrogen-bond donors (Lipinski definition) is 1. The Balaban J connectivity index is 1.34. The number of anilines is 1. The molecule has 4 nitrogen and oxygen atoms in total. The van der Waals surface area contributed by atoms with Crippen molar-refractivity contribution >= 4 is 23.3 Å². The molecule has 32 heavy (non-hydrogen) atoms. The Morgan fingerprint density at radius 1 is 1.09 bits per heavy atom. The normalized spacial score (nSPS) is 27.1. The SMILES string of the molecule is CC(=O)Oc1ccc2c(c1)C13CCCCC1(CC2)CN(CCNc1ccc(Cl)cc1)CC3. The molecular formula is C27H33ClN2O2. The Labute approximate surface area is 196 Å². The van der Waals surface area contributed by atoms with Crippen molar-refractivity contribution in [3.8, 4) is 5.75 Å². The van der Waals surface area contributed by atoms with Crippen LogP contribution in [-0.4, -0.2) is 37.0 Å². The molecule has 1 saturated heterocycles. The maximum Gasteiger partial charge on any atom is 0.308 e. The summed E-state index contributed by atoms with van der Waals surface area (Å²) in [5, 5.41) is 4.32. The molecule has 1 saturated carbocycles. The number of carbonyl (C=O) groups is 1. The van der Waals surface area contributed by atoms with Gasteiger partial charge < -0.3 is 15.0 Å². The number of carbonyl (C=O) groups excluding carboxylic acids is 1. The summed E-state index contributed by atoms with van der Waals surface area (Å²) in [5.74, 6) is 0.470. The smallest absolute Gasteiger partial charge is 0.308 e. The van der Waals surface area contributed by atoms with Gasteiger partial charge in [-0.25, -0.2) is 0 Å². The van der Waals surface area contributed by atoms with E-state index in [9.17, 15) is 4.79 Å². The summed E-state index contributed by atoms with van der Waals surface area (Å²) in [6.45, 7) is 5.78. The van der Waals surface area contributed by atoms with E-state index in [-0.39, 0.29) is 11.4 Å². The van der Waals surface area contributed by atoms with Crippen LogP contribution in [0.1, 0.15) is 56.6 Å². The number of ether oxygens (including phenoxy) is 1. The number of halogens is 1. The van der Waals surface area contributed by atoms with Crippen molar-refractivity contribution in [1.82, 2.24) is 4.90 Å². The van der Waals surface area contributed by atoms with Gasteiger partial charge in [0.15, 0.2) is 0 Å². The third-order valence-corrected chi connectivity index (χ3v) is 8.49. The van der Waals surface area contributed by atoms with Crippen molar-refractivity contribution in [3.05, 3.63) is 58.6 Å². The Kier molecular flexibility index (Phi) is 5.94. The number of rotatable bonds is 5. The van der Waals surface area contributed by atoms with Crippen LogP contribution < -0.4 is 10.1 Å². The van der Waals surface area contributed by atoms with E-state index in [4.69, 9.17) is 16.3 Å². The molecule has 1 N–H and O–H groups in total. The molecule has 0 aromatic heterocycles. The molecule has 3 aliphatic rings. The van der Waals surface area contributed by atoms with Gasteiger partial charge in [-0.15, -0.1) is 0 Å². The molecule has 2 fully saturated rings. The third-order valence-electron chi connectivity index (χ3n) is 8.24. The van der Waals surface area contributed by atoms with Gasteiger partial charge in [0.1, 0.15) is 5.75 Å². The monoisotopic (exact) mass is 452 g/mol. The van der Waals surface area contributed by atoms with Crippen molar-refractivity contribution in [2.24, 2.45) is 5.41 Å². The number of esters is 1. The topological polar surface area (TPSA) is 41.6 Å². The number of likely N-dealkylation sites (tertiary alicyclic amines) is 1. The van der Waals surface area contributed by atoms with Crippen LogP contribution in [0, 0.1) is 5.41 Å². The summed E-state index contributed by atoms with van der Waals surface area (Å²) in [6.07, 6.45) is 8.81. The minimum absolute atomic E-state index is 0.231. The molecular weight excluding hydrogens is 420 g/mol. The van der Waals surface area contributed by atoms with Gasteiger partial charge in [-0.05, 0) is 91.6 Å². The third kappa shape index (κ3) is 3.92. The number of piperidine rings is 1. The van der Waals surface area contributed by atoms with E-state index in [1.54, 1.807) is 0 Å². The predicted molar refractivity (Wildman–Crippen MR) is 130 cm³/mol. The van der Waals surface area contributed by atoms with E-state index >= 15 is 0 Å². The number of fused-ring (bicyclic) bond motifs is 1. The molecule has 2 aromatic carbocycles. The molecule has 2 unspecified atom stereocenters. The zero-order chi connectivity index (χ0) is 22.2. The second-order valence-corrected chi connectivity index (χ2v) is 10.4. The Bertz CT molecular complexity index is 992. The average molecular weight is 453 g/mol. The minimum Gasteiger partial charge on any atom is -0.427 e. The van der Waals surface area contributed by atoms with Crippen LogP contribution in [0.2, 0.25) is 5.02 Å². The van der Waals surface area contributed by atoms with E-state index in [2.05, 4.69) is 22.3 Å². The fourth-order valence-corrected chi connectivity index (χ4v) is 6.93. The first-order chi connectivity index (χ1) is 15.5. The summed E-state index contributed by atoms with van der Waals surface area (Å²) in [5.41, 5.74) is 4.64. The van der Waals surface area contributed by atoms with Crippen molar-refractivity contribution in [2.45, 2.75) is 57.3 Å². The highest BCUT2D eigenvalue weighted by atomic mass is 35.5. The van der Waals surface area contributed by atoms with E-state index in [1.165, 1.54) is 63.1 Å². The van der Waals surface area contributed by atoms with Crippen LogP contribution in [-0.2, 0) is 16.6 Å². The largest absolute Gasteiger partial charge is 0.427 e. The number of hydrogen-bond acceptors (Lipinski definition) is 4. The number of aryl methyl sites for hydroxylation is 1. The van der Waals surface area contributed by atoms with Crippen molar-refractivity contribution in [2.75, 3.05) is 31.5 Å². The summed E-state index contributed by atoms with van der Waals surface area (Å²) >= 11 is 6.01. The van der Waals surface area contributed by atoms with Gasteiger partial charge in [-0.2, -0.15) is 0 Å². The van der Waals surface area contributed by atoms with Crippen LogP contribution >= 0.6 is 11.6 Å². The first-order valence-electron chi connectivity index (χ1n) is 12.0. The van der Waals surface area contributed by atoms with Gasteiger partial charge >= 0.3 is 5.97 Å². The first kappa shape index (κ1) is 21.8. The zero-order valence-corrected chi connectivity index (χ0v) is 19.7. The summed E-state index contributed by atoms with van der Waals surface area (Å²) in [6, 6.07) is 14.3. The fourth-order valence-electron chi connectivity index (χ4n) is 6.81. The van der Waals surface area contributed by atoms with Crippen LogP contribution in [0.4, 0.5) is 5.69 Å². The summed E-state index contributed by atoms with van der Waals surface area (Å²) in [4.78, 5) is 14.2. The lowest BCUT2D eigenvalue weighted by Gasteiger charge is -2.62. The first-order valence-corrected chi connectivity index (χ1v) is 12.4. The van der Waals surface area contributed by atoms with Crippen molar-refractivity contribution in [3.63, 3.8) is 0 Å². The molecule has 2 atom stereocenters. The quantitative estimate of drug-likeness (QED) is 0.458. The van der Waals surface area contributed by atoms with Gasteiger partial charge in [0.25, 0.3) is 0 Å². The Hall–Kier alpha value is -2.04. The lowest BCUT2D eigenvalue weighted by molar-refractivity contribution is -0.131. The molecule has 2 aliphatic carbocycles. The fraction of sp³-hybridized carbons (Fsp3) is 0.519. The molecule has 0 spiro atoms. The van der Waals surface area contributed by atoms with Crippen molar-refractivity contribution < 1.29 is 9.53 Å². The molecule has 2 aromatic rings. The van der Waals surface area contributed by atoms with Crippen LogP contribution in [0.5, 0.6) is 5.75 Å². The molecule has 0 bridgehead atoms. The average Bonchev–Trinajstić information content (AvgIpc) is 2.79. The predicted octanol–water partition coefficient (Wildman–Crippen LogP) is 5.83. The Morgan fingerprint density at radius 3 is 2.72 bits per heavy atom. The molecule has 5 heteroatoms. The molecule has 170 valence electrons. The molecule has 5 rings (SSSR count). The van der Waals surface area contributed by atoms with E-state index < -0.39 is 0 Å². The molecule has 1 heterocycles. The highest BCUT2D eigenvalue weighted by Crippen LogP contribution is 2.62. The molecule has 0 radical (unpaired) electrons. The number of benzene rings is 2. The van der Waals surface area contributed by atoms with E-state index in [0.717, 1.165) is 36.8 Å². The zero-order valence-electron chi connectivity index (χ0n) is 19.0. The molecule has 1 aliphatic heterocycles. The molecule has 0 amide bonds. The maximum absolute atomic E-state index is 11.6. The van der Waals surface area contributed by atoms with Gasteiger partial charge in [0.05, 0.1) is 0 Å². The van der Waals surface area contributed by atoms with Crippen LogP contribution in [0.15, 0.2) is 42.5 Å². The maximum atomic E-state index is 11.6. The Morgan fingerprint density at radius 2 is 1.91 bits per heavy atom. The lowest BCUT2D eigenvalue weighted by Crippen LogP contribution is -2.61.